The molecule has 3 atom stereocenters. The van der Waals surface area contributed by atoms with Crippen molar-refractivity contribution in [2.45, 2.75) is 187 Å². The number of carbonyl (C=O) groups is 3. The average molecular weight is 720 g/mol. The van der Waals surface area contributed by atoms with Gasteiger partial charge in [-0.15, -0.1) is 0 Å². The van der Waals surface area contributed by atoms with Gasteiger partial charge in [-0.05, 0) is 38.5 Å². The largest absolute Gasteiger partial charge is 0.480 e. The number of aliphatic hydroxyl groups is 1. The molecule has 12 heteroatoms. The van der Waals surface area contributed by atoms with Crippen molar-refractivity contribution in [2.75, 3.05) is 19.8 Å². The summed E-state index contributed by atoms with van der Waals surface area (Å²) in [6, 6.07) is -1.54. The van der Waals surface area contributed by atoms with E-state index in [0.29, 0.717) is 12.8 Å². The fraction of sp³-hybridized carbons (Fsp3) is 0.865. The number of carboxylic acids is 1. The molecule has 11 nitrogen and oxygen atoms in total. The molecule has 0 fully saturated rings. The van der Waals surface area contributed by atoms with Crippen molar-refractivity contribution < 1.29 is 47.8 Å². The number of aliphatic carboxylic acids is 1. The first-order valence-corrected chi connectivity index (χ1v) is 20.7. The third-order valence-electron chi connectivity index (χ3n) is 8.30. The van der Waals surface area contributed by atoms with Crippen LogP contribution in [0.5, 0.6) is 0 Å². The maximum Gasteiger partial charge on any atom is 0.472 e. The topological polar surface area (TPSA) is 169 Å². The van der Waals surface area contributed by atoms with Gasteiger partial charge in [0, 0.05) is 12.8 Å². The Morgan fingerprint density at radius 1 is 0.633 bits per heavy atom. The zero-order valence-electron chi connectivity index (χ0n) is 30.8. The van der Waals surface area contributed by atoms with E-state index in [1.54, 1.807) is 0 Å². The number of phosphoric ester groups is 1. The first-order chi connectivity index (χ1) is 23.6. The van der Waals surface area contributed by atoms with Gasteiger partial charge in [-0.3, -0.25) is 18.6 Å². The second-order valence-electron chi connectivity index (χ2n) is 13.1. The maximum atomic E-state index is 12.3. The van der Waals surface area contributed by atoms with Gasteiger partial charge in [0.25, 0.3) is 0 Å². The Hall–Kier alpha value is -1.78. The number of esters is 1. The Kier molecular flexibility index (Phi) is 32.2. The molecule has 49 heavy (non-hydrogen) atoms. The molecular formula is C37H70NO10P. The molecule has 0 aromatic carbocycles. The Balaban J connectivity index is 3.84. The van der Waals surface area contributed by atoms with Gasteiger partial charge in [0.1, 0.15) is 12.7 Å². The van der Waals surface area contributed by atoms with Crippen LogP contribution in [0, 0.1) is 0 Å². The summed E-state index contributed by atoms with van der Waals surface area (Å²) in [7, 11) is -4.73. The third kappa shape index (κ3) is 33.1. The molecule has 0 aliphatic rings. The standard InChI is InChI=1S/C37H70NO10P/c1-3-5-7-9-10-11-12-13-14-15-16-17-18-19-20-21-22-23-24-25-26-28-35(40)38-34(37(42)43)32-48-49(44,45)47-31-33(39)30-46-36(41)29-27-8-6-4-2/h13-14,33-34,39H,3-12,15-32H2,1-2H3,(H,38,40)(H,42,43)(H,44,45)/b14-13+. The third-order valence-corrected chi connectivity index (χ3v) is 9.26. The Morgan fingerprint density at radius 2 is 1.06 bits per heavy atom. The number of hydrogen-bond acceptors (Lipinski definition) is 8. The zero-order chi connectivity index (χ0) is 36.4. The Bertz CT molecular complexity index is 900. The molecule has 288 valence electrons. The number of carboxylic acid groups (broad SMARTS) is 1. The minimum absolute atomic E-state index is 0.148. The van der Waals surface area contributed by atoms with Crippen molar-refractivity contribution in [3.8, 4) is 0 Å². The van der Waals surface area contributed by atoms with E-state index >= 15 is 0 Å². The van der Waals surface area contributed by atoms with Gasteiger partial charge in [-0.1, -0.05) is 135 Å². The van der Waals surface area contributed by atoms with Crippen molar-refractivity contribution in [3.63, 3.8) is 0 Å². The van der Waals surface area contributed by atoms with Crippen LogP contribution in [0.25, 0.3) is 0 Å². The van der Waals surface area contributed by atoms with Crippen molar-refractivity contribution in [1.82, 2.24) is 5.32 Å². The molecule has 0 saturated carbocycles. The Morgan fingerprint density at radius 3 is 1.57 bits per heavy atom. The van der Waals surface area contributed by atoms with Gasteiger partial charge < -0.3 is 25.2 Å². The van der Waals surface area contributed by atoms with E-state index in [9.17, 15) is 34.1 Å². The van der Waals surface area contributed by atoms with Crippen LogP contribution >= 0.6 is 7.82 Å². The van der Waals surface area contributed by atoms with E-state index in [1.165, 1.54) is 96.3 Å². The van der Waals surface area contributed by atoms with Crippen molar-refractivity contribution >= 4 is 25.7 Å². The van der Waals surface area contributed by atoms with Crippen LogP contribution < -0.4 is 5.32 Å². The minimum Gasteiger partial charge on any atom is -0.480 e. The maximum absolute atomic E-state index is 12.3. The van der Waals surface area contributed by atoms with Gasteiger partial charge in [0.15, 0.2) is 6.04 Å². The van der Waals surface area contributed by atoms with Gasteiger partial charge in [0.2, 0.25) is 5.91 Å². The van der Waals surface area contributed by atoms with E-state index in [4.69, 9.17) is 9.26 Å². The van der Waals surface area contributed by atoms with E-state index in [-0.39, 0.29) is 12.8 Å². The van der Waals surface area contributed by atoms with Crippen LogP contribution in [0.1, 0.15) is 174 Å². The summed E-state index contributed by atoms with van der Waals surface area (Å²) in [5.74, 6) is -2.39. The quantitative estimate of drug-likeness (QED) is 0.0212. The predicted octanol–water partition coefficient (Wildman–Crippen LogP) is 8.94. The lowest BCUT2D eigenvalue weighted by Gasteiger charge is -2.18. The Labute approximate surface area is 296 Å². The number of amides is 1. The number of allylic oxidation sites excluding steroid dienone is 2. The molecule has 0 bridgehead atoms. The fourth-order valence-corrected chi connectivity index (χ4v) is 6.02. The van der Waals surface area contributed by atoms with Crippen LogP contribution in [0.15, 0.2) is 12.2 Å². The van der Waals surface area contributed by atoms with Crippen molar-refractivity contribution in [2.24, 2.45) is 0 Å². The van der Waals surface area contributed by atoms with Crippen LogP contribution in [0.4, 0.5) is 0 Å². The predicted molar refractivity (Wildman–Crippen MR) is 194 cm³/mol. The SMILES string of the molecule is CCCCCCCC/C=C/CCCCCCCCCCCCCC(=O)NC(COP(=O)(O)OCC(O)COC(=O)CCCCCC)C(=O)O. The normalized spacial score (nSPS) is 14.0. The fourth-order valence-electron chi connectivity index (χ4n) is 5.25. The molecule has 0 aromatic rings. The molecule has 4 N–H and O–H groups in total. The first kappa shape index (κ1) is 47.2. The highest BCUT2D eigenvalue weighted by Gasteiger charge is 2.28. The number of aliphatic hydroxyl groups excluding tert-OH is 1. The van der Waals surface area contributed by atoms with Crippen molar-refractivity contribution in [3.05, 3.63) is 12.2 Å². The van der Waals surface area contributed by atoms with Crippen molar-refractivity contribution in [1.29, 1.82) is 0 Å². The molecule has 0 radical (unpaired) electrons. The molecular weight excluding hydrogens is 649 g/mol. The van der Waals surface area contributed by atoms with Gasteiger partial charge in [0.05, 0.1) is 13.2 Å². The van der Waals surface area contributed by atoms with E-state index in [0.717, 1.165) is 38.5 Å². The summed E-state index contributed by atoms with van der Waals surface area (Å²) in [5, 5.41) is 21.6. The highest BCUT2D eigenvalue weighted by molar-refractivity contribution is 7.47. The summed E-state index contributed by atoms with van der Waals surface area (Å²) >= 11 is 0. The van der Waals surface area contributed by atoms with Crippen LogP contribution in [0.2, 0.25) is 0 Å². The lowest BCUT2D eigenvalue weighted by Crippen LogP contribution is -2.43. The molecule has 0 aromatic heterocycles. The second kappa shape index (κ2) is 33.4. The number of ether oxygens (including phenoxy) is 1. The number of phosphoric acid groups is 1. The summed E-state index contributed by atoms with van der Waals surface area (Å²) in [5.41, 5.74) is 0. The molecule has 3 unspecified atom stereocenters. The summed E-state index contributed by atoms with van der Waals surface area (Å²) in [6.07, 6.45) is 30.3. The van der Waals surface area contributed by atoms with Crippen LogP contribution in [-0.4, -0.2) is 64.9 Å². The minimum atomic E-state index is -4.73. The molecule has 0 spiro atoms. The van der Waals surface area contributed by atoms with Crippen LogP contribution in [-0.2, 0) is 32.7 Å². The molecule has 0 aliphatic heterocycles. The summed E-state index contributed by atoms with van der Waals surface area (Å²) < 4.78 is 26.5. The van der Waals surface area contributed by atoms with E-state index in [2.05, 4.69) is 35.8 Å². The number of hydrogen-bond donors (Lipinski definition) is 4. The lowest BCUT2D eigenvalue weighted by molar-refractivity contribution is -0.147. The molecule has 0 rings (SSSR count). The van der Waals surface area contributed by atoms with Gasteiger partial charge in [-0.25, -0.2) is 9.36 Å². The summed E-state index contributed by atoms with van der Waals surface area (Å²) in [6.45, 7) is 2.43. The number of unbranched alkanes of at least 4 members (excludes halogenated alkanes) is 20. The van der Waals surface area contributed by atoms with E-state index in [1.807, 2.05) is 0 Å². The van der Waals surface area contributed by atoms with E-state index < -0.39 is 57.6 Å². The molecule has 0 saturated heterocycles. The van der Waals surface area contributed by atoms with Crippen LogP contribution in [0.3, 0.4) is 0 Å². The highest BCUT2D eigenvalue weighted by Crippen LogP contribution is 2.43. The monoisotopic (exact) mass is 719 g/mol. The molecule has 1 amide bonds. The van der Waals surface area contributed by atoms with Gasteiger partial charge >= 0.3 is 19.8 Å². The summed E-state index contributed by atoms with van der Waals surface area (Å²) in [4.78, 5) is 45.3. The molecule has 0 heterocycles. The lowest BCUT2D eigenvalue weighted by atomic mass is 10.0. The second-order valence-corrected chi connectivity index (χ2v) is 14.6. The first-order valence-electron chi connectivity index (χ1n) is 19.2. The van der Waals surface area contributed by atoms with Gasteiger partial charge in [-0.2, -0.15) is 0 Å². The average Bonchev–Trinajstić information content (AvgIpc) is 3.07. The zero-order valence-corrected chi connectivity index (χ0v) is 31.6. The number of carbonyl (C=O) groups excluding carboxylic acids is 2. The number of rotatable bonds is 36. The molecule has 0 aliphatic carbocycles. The number of nitrogens with one attached hydrogen (secondary N) is 1. The highest BCUT2D eigenvalue weighted by atomic mass is 31.2. The smallest absolute Gasteiger partial charge is 0.472 e.